The van der Waals surface area contributed by atoms with Crippen molar-refractivity contribution in [1.29, 1.82) is 0 Å². The van der Waals surface area contributed by atoms with Crippen LogP contribution >= 0.6 is 11.6 Å². The van der Waals surface area contributed by atoms with Gasteiger partial charge in [0.1, 0.15) is 17.0 Å². The van der Waals surface area contributed by atoms with E-state index in [9.17, 15) is 4.79 Å². The second-order valence-electron chi connectivity index (χ2n) is 7.44. The Kier molecular flexibility index (Phi) is 5.79. The lowest BCUT2D eigenvalue weighted by Gasteiger charge is -2.03. The summed E-state index contributed by atoms with van der Waals surface area (Å²) in [5, 5.41) is 3.54. The van der Waals surface area contributed by atoms with Gasteiger partial charge < -0.3 is 14.2 Å². The first-order valence-electron chi connectivity index (χ1n) is 10.4. The summed E-state index contributed by atoms with van der Waals surface area (Å²) in [5.41, 5.74) is 4.36. The molecule has 0 bridgehead atoms. The van der Waals surface area contributed by atoms with Crippen molar-refractivity contribution in [3.63, 3.8) is 0 Å². The average Bonchev–Trinajstić information content (AvgIpc) is 3.49. The molecular formula is C27H19ClN2O3. The Hall–Kier alpha value is -4.09. The Balaban J connectivity index is 1.17. The molecule has 5 rings (SSSR count). The van der Waals surface area contributed by atoms with Crippen LogP contribution in [-0.2, 0) is 11.3 Å². The monoisotopic (exact) mass is 454 g/mol. The van der Waals surface area contributed by atoms with Gasteiger partial charge >= 0.3 is 0 Å². The SMILES string of the molecule is O=C(/C=C/c1ccc(-c2ccc(Cl)cc2)o1)NCc1ccc(-c2nc3ccccc3o2)cc1. The van der Waals surface area contributed by atoms with Crippen molar-refractivity contribution in [2.75, 3.05) is 0 Å². The summed E-state index contributed by atoms with van der Waals surface area (Å²) in [4.78, 5) is 16.7. The molecule has 0 radical (unpaired) electrons. The second-order valence-corrected chi connectivity index (χ2v) is 7.88. The number of oxazole rings is 1. The van der Waals surface area contributed by atoms with E-state index in [4.69, 9.17) is 20.4 Å². The van der Waals surface area contributed by atoms with E-state index in [0.29, 0.717) is 29.0 Å². The van der Waals surface area contributed by atoms with Gasteiger partial charge in [0.15, 0.2) is 5.58 Å². The fourth-order valence-electron chi connectivity index (χ4n) is 3.38. The summed E-state index contributed by atoms with van der Waals surface area (Å²) in [6.07, 6.45) is 3.10. The van der Waals surface area contributed by atoms with Crippen LogP contribution in [-0.4, -0.2) is 10.9 Å². The predicted molar refractivity (Wildman–Crippen MR) is 129 cm³/mol. The van der Waals surface area contributed by atoms with Gasteiger partial charge in [0.2, 0.25) is 11.8 Å². The van der Waals surface area contributed by atoms with Gasteiger partial charge in [0.25, 0.3) is 0 Å². The number of hydrogen-bond donors (Lipinski definition) is 1. The topological polar surface area (TPSA) is 68.3 Å². The summed E-state index contributed by atoms with van der Waals surface area (Å²) >= 11 is 5.92. The average molecular weight is 455 g/mol. The molecule has 0 aliphatic rings. The van der Waals surface area contributed by atoms with Crippen LogP contribution in [0.15, 0.2) is 99.8 Å². The van der Waals surface area contributed by atoms with Gasteiger partial charge in [-0.2, -0.15) is 0 Å². The minimum absolute atomic E-state index is 0.206. The number of carbonyl (C=O) groups excluding carboxylic acids is 1. The van der Waals surface area contributed by atoms with Crippen molar-refractivity contribution >= 4 is 34.7 Å². The number of hydrogen-bond acceptors (Lipinski definition) is 4. The molecule has 2 heterocycles. The van der Waals surface area contributed by atoms with Crippen LogP contribution in [0.1, 0.15) is 11.3 Å². The van der Waals surface area contributed by atoms with E-state index in [1.54, 1.807) is 6.08 Å². The van der Waals surface area contributed by atoms with Crippen molar-refractivity contribution in [3.05, 3.63) is 107 Å². The van der Waals surface area contributed by atoms with Crippen molar-refractivity contribution in [2.45, 2.75) is 6.54 Å². The van der Waals surface area contributed by atoms with E-state index >= 15 is 0 Å². The molecule has 5 nitrogen and oxygen atoms in total. The number of para-hydroxylation sites is 2. The Bertz CT molecular complexity index is 1400. The smallest absolute Gasteiger partial charge is 0.244 e. The Morgan fingerprint density at radius 1 is 0.879 bits per heavy atom. The lowest BCUT2D eigenvalue weighted by Crippen LogP contribution is -2.20. The number of rotatable bonds is 6. The summed E-state index contributed by atoms with van der Waals surface area (Å²) in [5.74, 6) is 1.68. The third-order valence-corrected chi connectivity index (χ3v) is 5.37. The molecule has 0 unspecified atom stereocenters. The number of halogens is 1. The molecule has 33 heavy (non-hydrogen) atoms. The molecule has 5 aromatic rings. The minimum atomic E-state index is -0.206. The van der Waals surface area contributed by atoms with E-state index in [2.05, 4.69) is 10.3 Å². The molecule has 0 atom stereocenters. The molecule has 0 aliphatic carbocycles. The predicted octanol–water partition coefficient (Wildman–Crippen LogP) is 6.74. The molecule has 0 spiro atoms. The second kappa shape index (κ2) is 9.18. The standard InChI is InChI=1S/C27H19ClN2O3/c28-21-11-9-19(10-12-21)24-15-13-22(32-24)14-16-26(31)29-17-18-5-7-20(8-6-18)27-30-23-3-1-2-4-25(23)33-27/h1-16H,17H2,(H,29,31)/b16-14+. The maximum absolute atomic E-state index is 12.2. The number of nitrogens with one attached hydrogen (secondary N) is 1. The highest BCUT2D eigenvalue weighted by Crippen LogP contribution is 2.25. The van der Waals surface area contributed by atoms with Gasteiger partial charge in [-0.25, -0.2) is 4.98 Å². The van der Waals surface area contributed by atoms with Crippen LogP contribution in [0.2, 0.25) is 5.02 Å². The third kappa shape index (κ3) is 4.89. The van der Waals surface area contributed by atoms with Crippen LogP contribution in [0.4, 0.5) is 0 Å². The zero-order valence-electron chi connectivity index (χ0n) is 17.5. The number of fused-ring (bicyclic) bond motifs is 1. The summed E-state index contributed by atoms with van der Waals surface area (Å²) in [6.45, 7) is 0.408. The van der Waals surface area contributed by atoms with Crippen molar-refractivity contribution in [1.82, 2.24) is 10.3 Å². The maximum atomic E-state index is 12.2. The zero-order valence-corrected chi connectivity index (χ0v) is 18.3. The van der Waals surface area contributed by atoms with Crippen molar-refractivity contribution < 1.29 is 13.6 Å². The first-order chi connectivity index (χ1) is 16.1. The normalized spacial score (nSPS) is 11.3. The van der Waals surface area contributed by atoms with E-state index in [-0.39, 0.29) is 5.91 Å². The highest BCUT2D eigenvalue weighted by Gasteiger charge is 2.08. The molecule has 6 heteroatoms. The largest absolute Gasteiger partial charge is 0.457 e. The lowest BCUT2D eigenvalue weighted by atomic mass is 10.1. The molecule has 0 aliphatic heterocycles. The van der Waals surface area contributed by atoms with Gasteiger partial charge in [0.05, 0.1) is 0 Å². The van der Waals surface area contributed by atoms with Crippen LogP contribution in [0.3, 0.4) is 0 Å². The fourth-order valence-corrected chi connectivity index (χ4v) is 3.50. The summed E-state index contributed by atoms with van der Waals surface area (Å²) in [6, 6.07) is 26.5. The molecule has 0 fully saturated rings. The van der Waals surface area contributed by atoms with Gasteiger partial charge in [-0.15, -0.1) is 0 Å². The van der Waals surface area contributed by atoms with E-state index in [0.717, 1.165) is 27.8 Å². The molecule has 2 aromatic heterocycles. The molecule has 1 amide bonds. The number of benzene rings is 3. The van der Waals surface area contributed by atoms with Gasteiger partial charge in [-0.1, -0.05) is 35.9 Å². The number of carbonyl (C=O) groups is 1. The van der Waals surface area contributed by atoms with Gasteiger partial charge in [0, 0.05) is 28.8 Å². The van der Waals surface area contributed by atoms with Crippen molar-refractivity contribution in [3.8, 4) is 22.8 Å². The molecule has 0 saturated carbocycles. The summed E-state index contributed by atoms with van der Waals surface area (Å²) < 4.78 is 11.6. The maximum Gasteiger partial charge on any atom is 0.244 e. The molecule has 162 valence electrons. The van der Waals surface area contributed by atoms with Gasteiger partial charge in [-0.3, -0.25) is 4.79 Å². The molecule has 3 aromatic carbocycles. The van der Waals surface area contributed by atoms with Crippen LogP contribution in [0.5, 0.6) is 0 Å². The first-order valence-corrected chi connectivity index (χ1v) is 10.8. The number of amides is 1. The Morgan fingerprint density at radius 2 is 1.64 bits per heavy atom. The third-order valence-electron chi connectivity index (χ3n) is 5.12. The fraction of sp³-hybridized carbons (Fsp3) is 0.0370. The zero-order chi connectivity index (χ0) is 22.6. The van der Waals surface area contributed by atoms with Crippen LogP contribution in [0.25, 0.3) is 40.0 Å². The minimum Gasteiger partial charge on any atom is -0.457 e. The number of furan rings is 1. The van der Waals surface area contributed by atoms with E-state index in [1.807, 2.05) is 84.9 Å². The molecule has 1 N–H and O–H groups in total. The van der Waals surface area contributed by atoms with Crippen molar-refractivity contribution in [2.24, 2.45) is 0 Å². The van der Waals surface area contributed by atoms with Crippen LogP contribution < -0.4 is 5.32 Å². The Labute approximate surface area is 195 Å². The molecular weight excluding hydrogens is 436 g/mol. The number of nitrogens with zero attached hydrogens (tertiary/aromatic N) is 1. The Morgan fingerprint density at radius 3 is 2.42 bits per heavy atom. The van der Waals surface area contributed by atoms with E-state index < -0.39 is 0 Å². The van der Waals surface area contributed by atoms with E-state index in [1.165, 1.54) is 6.08 Å². The molecule has 0 saturated heterocycles. The lowest BCUT2D eigenvalue weighted by molar-refractivity contribution is -0.116. The summed E-state index contributed by atoms with van der Waals surface area (Å²) in [7, 11) is 0. The number of aromatic nitrogens is 1. The quantitative estimate of drug-likeness (QED) is 0.288. The highest BCUT2D eigenvalue weighted by molar-refractivity contribution is 6.30. The first kappa shape index (κ1) is 20.8. The van der Waals surface area contributed by atoms with Crippen LogP contribution in [0, 0.1) is 0 Å². The van der Waals surface area contributed by atoms with Gasteiger partial charge in [-0.05, 0) is 72.3 Å². The highest BCUT2D eigenvalue weighted by atomic mass is 35.5.